The van der Waals surface area contributed by atoms with Gasteiger partial charge < -0.3 is 30.5 Å². The van der Waals surface area contributed by atoms with Crippen LogP contribution in [-0.2, 0) is 14.3 Å². The highest BCUT2D eigenvalue weighted by Gasteiger charge is 2.38. The molecule has 186 valence electrons. The molecule has 0 radical (unpaired) electrons. The summed E-state index contributed by atoms with van der Waals surface area (Å²) in [7, 11) is 0. The molecule has 33 heavy (non-hydrogen) atoms. The van der Waals surface area contributed by atoms with E-state index in [1.807, 2.05) is 13.8 Å². The van der Waals surface area contributed by atoms with Crippen molar-refractivity contribution in [3.63, 3.8) is 0 Å². The van der Waals surface area contributed by atoms with Crippen LogP contribution in [0.3, 0.4) is 0 Å². The summed E-state index contributed by atoms with van der Waals surface area (Å²) in [5.41, 5.74) is -0.281. The molecule has 4 N–H and O–H groups in total. The van der Waals surface area contributed by atoms with Gasteiger partial charge in [-0.05, 0) is 58.2 Å². The van der Waals surface area contributed by atoms with Crippen molar-refractivity contribution < 1.29 is 29.3 Å². The van der Waals surface area contributed by atoms with E-state index in [9.17, 15) is 24.6 Å². The molecule has 0 saturated heterocycles. The molecule has 1 aromatic carbocycles. The first-order valence-corrected chi connectivity index (χ1v) is 11.3. The number of hydrogen-bond acceptors (Lipinski definition) is 6. The molecule has 0 fully saturated rings. The van der Waals surface area contributed by atoms with Gasteiger partial charge in [0.05, 0.1) is 6.61 Å². The molecule has 3 amide bonds. The summed E-state index contributed by atoms with van der Waals surface area (Å²) in [6.07, 6.45) is -0.153. The zero-order valence-corrected chi connectivity index (χ0v) is 20.7. The molecule has 0 bridgehead atoms. The van der Waals surface area contributed by atoms with E-state index in [1.54, 1.807) is 46.8 Å². The number of hydrogen-bond donors (Lipinski definition) is 4. The quantitative estimate of drug-likeness (QED) is 0.421. The van der Waals surface area contributed by atoms with Crippen molar-refractivity contribution in [2.45, 2.75) is 78.6 Å². The van der Waals surface area contributed by atoms with Gasteiger partial charge in [0, 0.05) is 12.6 Å². The molecule has 1 aromatic rings. The Morgan fingerprint density at radius 1 is 1.06 bits per heavy atom. The minimum absolute atomic E-state index is 0.0193. The van der Waals surface area contributed by atoms with Crippen LogP contribution in [0, 0.1) is 5.92 Å². The molecule has 0 aromatic heterocycles. The Kier molecular flexibility index (Phi) is 10.6. The van der Waals surface area contributed by atoms with Crippen LogP contribution < -0.4 is 10.6 Å². The average molecular weight is 466 g/mol. The van der Waals surface area contributed by atoms with Crippen molar-refractivity contribution in [2.75, 3.05) is 13.2 Å². The Balaban J connectivity index is 3.41. The summed E-state index contributed by atoms with van der Waals surface area (Å²) in [4.78, 5) is 40.6. The predicted molar refractivity (Wildman–Crippen MR) is 126 cm³/mol. The zero-order chi connectivity index (χ0) is 25.3. The second-order valence-electron chi connectivity index (χ2n) is 9.42. The first-order valence-electron chi connectivity index (χ1n) is 11.3. The number of aliphatic hydroxyl groups is 1. The molecule has 1 rings (SSSR count). The summed E-state index contributed by atoms with van der Waals surface area (Å²) in [6.45, 7) is 12.0. The second-order valence-corrected chi connectivity index (χ2v) is 9.42. The lowest BCUT2D eigenvalue weighted by Crippen LogP contribution is -2.56. The number of alkyl carbamates (subject to hydrolysis) is 1. The Labute approximate surface area is 196 Å². The van der Waals surface area contributed by atoms with Crippen LogP contribution in [0.5, 0.6) is 5.75 Å². The van der Waals surface area contributed by atoms with Gasteiger partial charge in [0.2, 0.25) is 11.8 Å². The largest absolute Gasteiger partial charge is 0.508 e. The third-order valence-corrected chi connectivity index (χ3v) is 4.98. The monoisotopic (exact) mass is 465 g/mol. The molecule has 0 aliphatic heterocycles. The van der Waals surface area contributed by atoms with E-state index in [1.165, 1.54) is 17.0 Å². The van der Waals surface area contributed by atoms with E-state index in [0.717, 1.165) is 0 Å². The highest BCUT2D eigenvalue weighted by atomic mass is 16.6. The van der Waals surface area contributed by atoms with Gasteiger partial charge in [-0.2, -0.15) is 0 Å². The Morgan fingerprint density at radius 2 is 1.64 bits per heavy atom. The van der Waals surface area contributed by atoms with Crippen LogP contribution in [0.15, 0.2) is 24.3 Å². The topological polar surface area (TPSA) is 128 Å². The van der Waals surface area contributed by atoms with Crippen LogP contribution in [-0.4, -0.2) is 63.9 Å². The van der Waals surface area contributed by atoms with Crippen LogP contribution in [0.4, 0.5) is 4.79 Å². The molecule has 3 unspecified atom stereocenters. The minimum atomic E-state index is -1.07. The normalized spacial score (nSPS) is 14.2. The van der Waals surface area contributed by atoms with Crippen molar-refractivity contribution in [3.05, 3.63) is 29.8 Å². The fraction of sp³-hybridized carbons (Fsp3) is 0.625. The van der Waals surface area contributed by atoms with Gasteiger partial charge in [-0.3, -0.25) is 9.59 Å². The van der Waals surface area contributed by atoms with E-state index in [2.05, 4.69) is 10.6 Å². The number of carbonyl (C=O) groups excluding carboxylic acids is 3. The first-order chi connectivity index (χ1) is 15.3. The van der Waals surface area contributed by atoms with E-state index in [4.69, 9.17) is 4.74 Å². The molecule has 0 spiro atoms. The number of phenols is 1. The molecule has 9 nitrogen and oxygen atoms in total. The van der Waals surface area contributed by atoms with E-state index >= 15 is 0 Å². The lowest BCUT2D eigenvalue weighted by atomic mass is 9.95. The van der Waals surface area contributed by atoms with Gasteiger partial charge in [0.25, 0.3) is 0 Å². The number of aliphatic hydroxyl groups excluding tert-OH is 1. The van der Waals surface area contributed by atoms with Gasteiger partial charge in [-0.15, -0.1) is 0 Å². The van der Waals surface area contributed by atoms with Gasteiger partial charge in [0.1, 0.15) is 23.4 Å². The van der Waals surface area contributed by atoms with Crippen molar-refractivity contribution in [2.24, 2.45) is 5.92 Å². The number of rotatable bonds is 10. The standard InChI is InChI=1S/C24H39N3O6/c1-8-16(4)19(26-23(32)33-24(5,6)7)22(31)27(13-14-28)20(21(30)25-15(2)3)17-9-11-18(29)12-10-17/h9-12,15-16,19-20,28-29H,8,13-14H2,1-7H3,(H,25,30)(H,26,32). The summed E-state index contributed by atoms with van der Waals surface area (Å²) in [6, 6.07) is 3.74. The first kappa shape index (κ1) is 28.2. The summed E-state index contributed by atoms with van der Waals surface area (Å²) in [5.74, 6) is -1.19. The molecule has 9 heteroatoms. The minimum Gasteiger partial charge on any atom is -0.508 e. The van der Waals surface area contributed by atoms with Crippen LogP contribution >= 0.6 is 0 Å². The Morgan fingerprint density at radius 3 is 2.09 bits per heavy atom. The molecule has 3 atom stereocenters. The zero-order valence-electron chi connectivity index (χ0n) is 20.7. The predicted octanol–water partition coefficient (Wildman–Crippen LogP) is 2.72. The number of nitrogens with zero attached hydrogens (tertiary/aromatic N) is 1. The number of amides is 3. The third kappa shape index (κ3) is 8.92. The summed E-state index contributed by atoms with van der Waals surface area (Å²) < 4.78 is 5.33. The Bertz CT molecular complexity index is 788. The molecule has 0 aliphatic rings. The fourth-order valence-electron chi connectivity index (χ4n) is 3.26. The van der Waals surface area contributed by atoms with Gasteiger partial charge in [-0.25, -0.2) is 4.79 Å². The summed E-state index contributed by atoms with van der Waals surface area (Å²) in [5, 5.41) is 24.9. The van der Waals surface area contributed by atoms with Crippen molar-refractivity contribution >= 4 is 17.9 Å². The van der Waals surface area contributed by atoms with Crippen molar-refractivity contribution in [1.82, 2.24) is 15.5 Å². The summed E-state index contributed by atoms with van der Waals surface area (Å²) >= 11 is 0. The number of nitrogens with one attached hydrogen (secondary N) is 2. The molecule has 0 heterocycles. The smallest absolute Gasteiger partial charge is 0.408 e. The highest BCUT2D eigenvalue weighted by Crippen LogP contribution is 2.26. The lowest BCUT2D eigenvalue weighted by Gasteiger charge is -2.36. The SMILES string of the molecule is CCC(C)C(NC(=O)OC(C)(C)C)C(=O)N(CCO)C(C(=O)NC(C)C)c1ccc(O)cc1. The van der Waals surface area contributed by atoms with E-state index in [-0.39, 0.29) is 30.9 Å². The molecular weight excluding hydrogens is 426 g/mol. The molecule has 0 saturated carbocycles. The molecule has 0 aliphatic carbocycles. The van der Waals surface area contributed by atoms with Gasteiger partial charge in [-0.1, -0.05) is 32.4 Å². The maximum absolute atomic E-state index is 13.7. The molecular formula is C24H39N3O6. The maximum atomic E-state index is 13.7. The van der Waals surface area contributed by atoms with Crippen LogP contribution in [0.2, 0.25) is 0 Å². The Hall–Kier alpha value is -2.81. The maximum Gasteiger partial charge on any atom is 0.408 e. The average Bonchev–Trinajstić information content (AvgIpc) is 2.70. The number of ether oxygens (including phenoxy) is 1. The number of benzene rings is 1. The van der Waals surface area contributed by atoms with Gasteiger partial charge in [0.15, 0.2) is 0 Å². The number of carbonyl (C=O) groups is 3. The second kappa shape index (κ2) is 12.4. The van der Waals surface area contributed by atoms with E-state index in [0.29, 0.717) is 12.0 Å². The number of phenolic OH excluding ortho intramolecular Hbond substituents is 1. The van der Waals surface area contributed by atoms with Crippen LogP contribution in [0.25, 0.3) is 0 Å². The van der Waals surface area contributed by atoms with Gasteiger partial charge >= 0.3 is 6.09 Å². The van der Waals surface area contributed by atoms with Crippen LogP contribution in [0.1, 0.15) is 66.5 Å². The van der Waals surface area contributed by atoms with Crippen molar-refractivity contribution in [3.8, 4) is 5.75 Å². The fourth-order valence-corrected chi connectivity index (χ4v) is 3.26. The highest BCUT2D eigenvalue weighted by molar-refractivity contribution is 5.92. The number of aromatic hydroxyl groups is 1. The van der Waals surface area contributed by atoms with Crippen molar-refractivity contribution in [1.29, 1.82) is 0 Å². The lowest BCUT2D eigenvalue weighted by molar-refractivity contribution is -0.144. The van der Waals surface area contributed by atoms with E-state index < -0.39 is 35.6 Å². The third-order valence-electron chi connectivity index (χ3n) is 4.98.